The third-order valence-electron chi connectivity index (χ3n) is 6.30. The normalized spacial score (nSPS) is 16.0. The number of carbonyl (C=O) groups excluding carboxylic acids is 1. The van der Waals surface area contributed by atoms with Gasteiger partial charge in [0.25, 0.3) is 0 Å². The molecule has 1 aliphatic heterocycles. The number of nitrogens with one attached hydrogen (secondary N) is 1. The van der Waals surface area contributed by atoms with Gasteiger partial charge in [-0.1, -0.05) is 20.8 Å². The number of aromatic nitrogens is 5. The first-order chi connectivity index (χ1) is 17.2. The van der Waals surface area contributed by atoms with Crippen molar-refractivity contribution in [3.63, 3.8) is 0 Å². The molecule has 1 fully saturated rings. The smallest absolute Gasteiger partial charge is 0.209 e. The van der Waals surface area contributed by atoms with Crippen molar-refractivity contribution in [1.29, 1.82) is 0 Å². The molecule has 0 aliphatic carbocycles. The molecule has 5 rings (SSSR count). The van der Waals surface area contributed by atoms with Gasteiger partial charge in [0.2, 0.25) is 5.95 Å². The van der Waals surface area contributed by atoms with Gasteiger partial charge in [0.05, 0.1) is 35.1 Å². The summed E-state index contributed by atoms with van der Waals surface area (Å²) in [5.41, 5.74) is 3.42. The second-order valence-corrected chi connectivity index (χ2v) is 10.4. The number of ketones is 1. The Morgan fingerprint density at radius 2 is 2.00 bits per heavy atom. The number of imidazole rings is 1. The molecule has 4 heterocycles. The average Bonchev–Trinajstić information content (AvgIpc) is 3.54. The van der Waals surface area contributed by atoms with E-state index in [1.54, 1.807) is 25.3 Å². The van der Waals surface area contributed by atoms with Gasteiger partial charge >= 0.3 is 0 Å². The largest absolute Gasteiger partial charge is 0.457 e. The van der Waals surface area contributed by atoms with E-state index in [2.05, 4.69) is 37.1 Å². The molecule has 3 aromatic heterocycles. The quantitative estimate of drug-likeness (QED) is 0.387. The summed E-state index contributed by atoms with van der Waals surface area (Å²) in [6, 6.07) is 11.7. The van der Waals surface area contributed by atoms with Gasteiger partial charge in [-0.05, 0) is 31.5 Å². The van der Waals surface area contributed by atoms with Crippen LogP contribution in [0.2, 0.25) is 0 Å². The van der Waals surface area contributed by atoms with E-state index < -0.39 is 0 Å². The first kappa shape index (κ1) is 24.0. The highest BCUT2D eigenvalue weighted by atomic mass is 16.5. The van der Waals surface area contributed by atoms with Crippen LogP contribution >= 0.6 is 0 Å². The fraction of sp³-hybridized carbons (Fsp3) is 0.407. The van der Waals surface area contributed by atoms with Gasteiger partial charge in [0.1, 0.15) is 23.1 Å². The molecule has 9 heteroatoms. The van der Waals surface area contributed by atoms with Crippen molar-refractivity contribution in [3.8, 4) is 11.5 Å². The van der Waals surface area contributed by atoms with Crippen molar-refractivity contribution >= 4 is 28.6 Å². The third kappa shape index (κ3) is 4.97. The molecule has 1 aromatic carbocycles. The van der Waals surface area contributed by atoms with Crippen LogP contribution in [0.15, 0.2) is 42.6 Å². The Morgan fingerprint density at radius 3 is 2.72 bits per heavy atom. The molecule has 0 radical (unpaired) electrons. The lowest BCUT2D eigenvalue weighted by molar-refractivity contribution is -0.116. The molecule has 0 amide bonds. The van der Waals surface area contributed by atoms with Gasteiger partial charge in [-0.25, -0.2) is 9.67 Å². The van der Waals surface area contributed by atoms with Crippen molar-refractivity contribution in [3.05, 3.63) is 54.0 Å². The van der Waals surface area contributed by atoms with Crippen molar-refractivity contribution in [1.82, 2.24) is 24.3 Å². The first-order valence-corrected chi connectivity index (χ1v) is 12.2. The maximum absolute atomic E-state index is 11.4. The van der Waals surface area contributed by atoms with E-state index >= 15 is 0 Å². The molecular weight excluding hydrogens is 456 g/mol. The zero-order valence-corrected chi connectivity index (χ0v) is 21.4. The molecule has 36 heavy (non-hydrogen) atoms. The molecule has 1 N–H and O–H groups in total. The number of benzene rings is 1. The molecule has 0 spiro atoms. The second-order valence-electron chi connectivity index (χ2n) is 10.4. The van der Waals surface area contributed by atoms with Crippen LogP contribution in [0.5, 0.6) is 11.5 Å². The van der Waals surface area contributed by atoms with Crippen LogP contribution in [-0.4, -0.2) is 43.3 Å². The van der Waals surface area contributed by atoms with Crippen LogP contribution in [0.4, 0.5) is 11.8 Å². The van der Waals surface area contributed by atoms with E-state index in [-0.39, 0.29) is 23.7 Å². The predicted molar refractivity (Wildman–Crippen MR) is 138 cm³/mol. The van der Waals surface area contributed by atoms with E-state index in [9.17, 15) is 4.79 Å². The van der Waals surface area contributed by atoms with Crippen LogP contribution in [0.3, 0.4) is 0 Å². The Morgan fingerprint density at radius 1 is 1.19 bits per heavy atom. The monoisotopic (exact) mass is 488 g/mol. The van der Waals surface area contributed by atoms with Gasteiger partial charge in [-0.15, -0.1) is 0 Å². The van der Waals surface area contributed by atoms with E-state index in [1.165, 1.54) is 0 Å². The van der Waals surface area contributed by atoms with Gasteiger partial charge in [0, 0.05) is 49.9 Å². The van der Waals surface area contributed by atoms with Crippen molar-refractivity contribution in [2.24, 2.45) is 7.05 Å². The van der Waals surface area contributed by atoms with Crippen LogP contribution in [-0.2, 0) is 28.4 Å². The van der Waals surface area contributed by atoms with Crippen LogP contribution in [0.1, 0.15) is 51.5 Å². The highest BCUT2D eigenvalue weighted by Gasteiger charge is 2.26. The summed E-state index contributed by atoms with van der Waals surface area (Å²) >= 11 is 0. The Kier molecular flexibility index (Phi) is 6.26. The molecular formula is C27H32N6O3. The SMILES string of the molecule is CC(=O)Cc1cc(Oc2ccc3nc(Nc4cc(C(C)(C)C)nn4[C@@H]4CCOC4)n(C)c3c2)ccn1. The van der Waals surface area contributed by atoms with Crippen LogP contribution in [0.25, 0.3) is 11.0 Å². The molecule has 4 aromatic rings. The third-order valence-corrected chi connectivity index (χ3v) is 6.30. The summed E-state index contributed by atoms with van der Waals surface area (Å²) < 4.78 is 15.8. The molecule has 9 nitrogen and oxygen atoms in total. The first-order valence-electron chi connectivity index (χ1n) is 12.2. The summed E-state index contributed by atoms with van der Waals surface area (Å²) in [5, 5.41) is 8.43. The number of hydrogen-bond donors (Lipinski definition) is 1. The topological polar surface area (TPSA) is 96.1 Å². The Bertz CT molecular complexity index is 1410. The van der Waals surface area contributed by atoms with Crippen molar-refractivity contribution in [2.45, 2.75) is 52.0 Å². The molecule has 0 bridgehead atoms. The van der Waals surface area contributed by atoms with Gasteiger partial charge in [-0.3, -0.25) is 9.78 Å². The number of fused-ring (bicyclic) bond motifs is 1. The number of carbonyl (C=O) groups is 1. The van der Waals surface area contributed by atoms with Crippen molar-refractivity contribution in [2.75, 3.05) is 18.5 Å². The fourth-order valence-corrected chi connectivity index (χ4v) is 4.31. The zero-order valence-electron chi connectivity index (χ0n) is 21.4. The molecule has 0 unspecified atom stereocenters. The van der Waals surface area contributed by atoms with Crippen molar-refractivity contribution < 1.29 is 14.3 Å². The Hall–Kier alpha value is -3.72. The van der Waals surface area contributed by atoms with Gasteiger partial charge in [-0.2, -0.15) is 5.10 Å². The number of nitrogens with zero attached hydrogens (tertiary/aromatic N) is 5. The lowest BCUT2D eigenvalue weighted by Gasteiger charge is -2.15. The number of pyridine rings is 1. The van der Waals surface area contributed by atoms with Gasteiger partial charge < -0.3 is 19.4 Å². The summed E-state index contributed by atoms with van der Waals surface area (Å²) in [4.78, 5) is 20.5. The predicted octanol–water partition coefficient (Wildman–Crippen LogP) is 5.09. The number of Topliss-reactive ketones (excluding diaryl/α,β-unsaturated/α-hetero) is 1. The number of aryl methyl sites for hydroxylation is 1. The number of rotatable bonds is 7. The molecule has 0 saturated carbocycles. The minimum absolute atomic E-state index is 0.0624. The average molecular weight is 489 g/mol. The summed E-state index contributed by atoms with van der Waals surface area (Å²) in [7, 11) is 1.98. The number of ether oxygens (including phenoxy) is 2. The maximum Gasteiger partial charge on any atom is 0.209 e. The lowest BCUT2D eigenvalue weighted by Crippen LogP contribution is -2.16. The minimum atomic E-state index is -0.0724. The fourth-order valence-electron chi connectivity index (χ4n) is 4.31. The molecule has 1 atom stereocenters. The molecule has 1 aliphatic rings. The van der Waals surface area contributed by atoms with E-state index in [0.29, 0.717) is 23.8 Å². The lowest BCUT2D eigenvalue weighted by atomic mass is 9.92. The maximum atomic E-state index is 11.4. The summed E-state index contributed by atoms with van der Waals surface area (Å²) in [6.45, 7) is 9.45. The second kappa shape index (κ2) is 9.39. The molecule has 1 saturated heterocycles. The van der Waals surface area contributed by atoms with Gasteiger partial charge in [0.15, 0.2) is 0 Å². The highest BCUT2D eigenvalue weighted by Crippen LogP contribution is 2.32. The Balaban J connectivity index is 1.43. The zero-order chi connectivity index (χ0) is 25.4. The van der Waals surface area contributed by atoms with E-state index in [4.69, 9.17) is 19.6 Å². The number of hydrogen-bond acceptors (Lipinski definition) is 7. The summed E-state index contributed by atoms with van der Waals surface area (Å²) in [5.74, 6) is 3.00. The van der Waals surface area contributed by atoms with Crippen LogP contribution < -0.4 is 10.1 Å². The minimum Gasteiger partial charge on any atom is -0.457 e. The van der Waals surface area contributed by atoms with E-state index in [0.717, 1.165) is 41.5 Å². The highest BCUT2D eigenvalue weighted by molar-refractivity contribution is 5.81. The van der Waals surface area contributed by atoms with E-state index in [1.807, 2.05) is 34.5 Å². The standard InChI is InChI=1S/C27H32N6O3/c1-17(34)12-18-13-21(8-10-28-18)36-20-6-7-22-23(14-20)32(5)26(29-22)30-25-15-24(27(2,3)4)31-33(25)19-9-11-35-16-19/h6-8,10,13-15,19H,9,11-12,16H2,1-5H3,(H,29,30)/t19-/m1/s1. The van der Waals surface area contributed by atoms with Crippen LogP contribution in [0, 0.1) is 0 Å². The Labute approximate surface area is 210 Å². The number of anilines is 2. The summed E-state index contributed by atoms with van der Waals surface area (Å²) in [6.07, 6.45) is 2.88. The molecule has 188 valence electrons.